The Morgan fingerprint density at radius 2 is 2.13 bits per heavy atom. The van der Waals surface area contributed by atoms with Crippen LogP contribution in [0.3, 0.4) is 0 Å². The van der Waals surface area contributed by atoms with Crippen LogP contribution in [-0.2, 0) is 9.59 Å². The van der Waals surface area contributed by atoms with Gasteiger partial charge >= 0.3 is 5.97 Å². The van der Waals surface area contributed by atoms with E-state index in [-0.39, 0.29) is 12.5 Å². The van der Waals surface area contributed by atoms with Crippen LogP contribution in [0.5, 0.6) is 0 Å². The van der Waals surface area contributed by atoms with Gasteiger partial charge in [0.25, 0.3) is 0 Å². The first-order valence-electron chi connectivity index (χ1n) is 5.10. The average Bonchev–Trinajstić information content (AvgIpc) is 2.12. The third kappa shape index (κ3) is 3.12. The largest absolute Gasteiger partial charge is 0.481 e. The molecule has 0 aliphatic heterocycles. The number of hydrogen-bond donors (Lipinski definition) is 2. The van der Waals surface area contributed by atoms with Crippen molar-refractivity contribution in [2.75, 3.05) is 18.6 Å². The lowest BCUT2D eigenvalue weighted by Gasteiger charge is -2.37. The Balaban J connectivity index is 2.29. The fraction of sp³-hybridized carbons (Fsp3) is 0.800. The highest BCUT2D eigenvalue weighted by Crippen LogP contribution is 2.40. The molecule has 1 saturated carbocycles. The Kier molecular flexibility index (Phi) is 4.45. The molecule has 0 saturated heterocycles. The quantitative estimate of drug-likeness (QED) is 0.718. The number of nitrogens with one attached hydrogen (secondary N) is 1. The van der Waals surface area contributed by atoms with Gasteiger partial charge in [-0.15, -0.1) is 0 Å². The van der Waals surface area contributed by atoms with Crippen LogP contribution in [0, 0.1) is 5.41 Å². The molecule has 0 aromatic carbocycles. The number of carbonyl (C=O) groups is 2. The van der Waals surface area contributed by atoms with Crippen LogP contribution in [0.15, 0.2) is 0 Å². The van der Waals surface area contributed by atoms with E-state index in [2.05, 4.69) is 5.32 Å². The molecule has 0 atom stereocenters. The Morgan fingerprint density at radius 1 is 1.47 bits per heavy atom. The molecule has 0 radical (unpaired) electrons. The molecule has 0 aromatic heterocycles. The lowest BCUT2D eigenvalue weighted by atomic mass is 9.69. The zero-order valence-electron chi connectivity index (χ0n) is 8.91. The molecule has 1 aliphatic rings. The maximum absolute atomic E-state index is 11.3. The van der Waals surface area contributed by atoms with Crippen LogP contribution in [0.2, 0.25) is 0 Å². The van der Waals surface area contributed by atoms with Gasteiger partial charge in [0.1, 0.15) is 0 Å². The van der Waals surface area contributed by atoms with Gasteiger partial charge in [-0.3, -0.25) is 9.59 Å². The van der Waals surface area contributed by atoms with Crippen LogP contribution < -0.4 is 5.32 Å². The van der Waals surface area contributed by atoms with Crippen molar-refractivity contribution in [2.45, 2.75) is 25.7 Å². The standard InChI is InChI=1S/C10H17NO3S/c1-15-6-3-8(12)11-7-10(9(13)14)4-2-5-10/h2-7H2,1H3,(H,11,12)(H,13,14). The summed E-state index contributed by atoms with van der Waals surface area (Å²) in [6.45, 7) is 0.287. The van der Waals surface area contributed by atoms with Crippen molar-refractivity contribution in [1.82, 2.24) is 5.32 Å². The van der Waals surface area contributed by atoms with Crippen molar-refractivity contribution in [3.8, 4) is 0 Å². The molecule has 1 rings (SSSR count). The fourth-order valence-corrected chi connectivity index (χ4v) is 2.01. The van der Waals surface area contributed by atoms with Crippen molar-refractivity contribution in [2.24, 2.45) is 5.41 Å². The molecule has 0 unspecified atom stereocenters. The normalized spacial score (nSPS) is 17.9. The van der Waals surface area contributed by atoms with Gasteiger partial charge in [0.05, 0.1) is 5.41 Å². The van der Waals surface area contributed by atoms with E-state index < -0.39 is 11.4 Å². The van der Waals surface area contributed by atoms with E-state index in [1.807, 2.05) is 6.26 Å². The number of carboxylic acid groups (broad SMARTS) is 1. The molecular weight excluding hydrogens is 214 g/mol. The number of hydrogen-bond acceptors (Lipinski definition) is 3. The van der Waals surface area contributed by atoms with Gasteiger partial charge < -0.3 is 10.4 Å². The summed E-state index contributed by atoms with van der Waals surface area (Å²) in [6.07, 6.45) is 4.73. The van der Waals surface area contributed by atoms with Crippen LogP contribution in [0.4, 0.5) is 0 Å². The van der Waals surface area contributed by atoms with Crippen molar-refractivity contribution in [3.05, 3.63) is 0 Å². The molecule has 0 spiro atoms. The highest BCUT2D eigenvalue weighted by atomic mass is 32.2. The molecule has 1 aliphatic carbocycles. The first kappa shape index (κ1) is 12.4. The minimum Gasteiger partial charge on any atom is -0.481 e. The lowest BCUT2D eigenvalue weighted by molar-refractivity contribution is -0.154. The molecular formula is C10H17NO3S. The summed E-state index contributed by atoms with van der Waals surface area (Å²) < 4.78 is 0. The Labute approximate surface area is 93.8 Å². The van der Waals surface area contributed by atoms with Gasteiger partial charge in [0.2, 0.25) is 5.91 Å². The maximum atomic E-state index is 11.3. The molecule has 1 fully saturated rings. The summed E-state index contributed by atoms with van der Waals surface area (Å²) in [4.78, 5) is 22.3. The minimum atomic E-state index is -0.779. The molecule has 4 nitrogen and oxygen atoms in total. The highest BCUT2D eigenvalue weighted by Gasteiger charge is 2.44. The van der Waals surface area contributed by atoms with Gasteiger partial charge in [0.15, 0.2) is 0 Å². The Bertz CT molecular complexity index is 251. The van der Waals surface area contributed by atoms with E-state index in [1.54, 1.807) is 11.8 Å². The Morgan fingerprint density at radius 3 is 2.53 bits per heavy atom. The van der Waals surface area contributed by atoms with Crippen molar-refractivity contribution < 1.29 is 14.7 Å². The molecule has 86 valence electrons. The summed E-state index contributed by atoms with van der Waals surface area (Å²) in [5.74, 6) is -0.0397. The number of rotatable bonds is 6. The van der Waals surface area contributed by atoms with E-state index >= 15 is 0 Å². The number of thioether (sulfide) groups is 1. The van der Waals surface area contributed by atoms with Crippen LogP contribution in [-0.4, -0.2) is 35.5 Å². The second-order valence-electron chi connectivity index (χ2n) is 3.96. The molecule has 0 heterocycles. The van der Waals surface area contributed by atoms with Crippen molar-refractivity contribution >= 4 is 23.6 Å². The van der Waals surface area contributed by atoms with E-state index in [4.69, 9.17) is 5.11 Å². The third-order valence-corrected chi connectivity index (χ3v) is 3.53. The predicted octanol–water partition coefficient (Wildman–Crippen LogP) is 1.11. The number of carboxylic acids is 1. The zero-order chi connectivity index (χ0) is 11.3. The molecule has 5 heteroatoms. The Hall–Kier alpha value is -0.710. The molecule has 0 aromatic rings. The third-order valence-electron chi connectivity index (χ3n) is 2.92. The fourth-order valence-electron chi connectivity index (χ4n) is 1.62. The SMILES string of the molecule is CSCCC(=O)NCC1(C(=O)O)CCC1. The second kappa shape index (κ2) is 5.39. The number of carbonyl (C=O) groups excluding carboxylic acids is 1. The van der Waals surface area contributed by atoms with E-state index in [0.717, 1.165) is 12.2 Å². The van der Waals surface area contributed by atoms with E-state index in [1.165, 1.54) is 0 Å². The smallest absolute Gasteiger partial charge is 0.311 e. The highest BCUT2D eigenvalue weighted by molar-refractivity contribution is 7.98. The van der Waals surface area contributed by atoms with Gasteiger partial charge in [-0.2, -0.15) is 11.8 Å². The molecule has 2 N–H and O–H groups in total. The summed E-state index contributed by atoms with van der Waals surface area (Å²) in [6, 6.07) is 0. The monoisotopic (exact) mass is 231 g/mol. The zero-order valence-corrected chi connectivity index (χ0v) is 9.73. The summed E-state index contributed by atoms with van der Waals surface area (Å²) in [7, 11) is 0. The first-order chi connectivity index (χ1) is 7.10. The van der Waals surface area contributed by atoms with Crippen molar-refractivity contribution in [3.63, 3.8) is 0 Å². The van der Waals surface area contributed by atoms with Crippen LogP contribution in [0.1, 0.15) is 25.7 Å². The summed E-state index contributed by atoms with van der Waals surface area (Å²) >= 11 is 1.61. The van der Waals surface area contributed by atoms with Crippen LogP contribution in [0.25, 0.3) is 0 Å². The molecule has 0 bridgehead atoms. The maximum Gasteiger partial charge on any atom is 0.311 e. The van der Waals surface area contributed by atoms with Gasteiger partial charge in [-0.25, -0.2) is 0 Å². The van der Waals surface area contributed by atoms with E-state index in [0.29, 0.717) is 19.3 Å². The molecule has 1 amide bonds. The van der Waals surface area contributed by atoms with Crippen molar-refractivity contribution in [1.29, 1.82) is 0 Å². The van der Waals surface area contributed by atoms with E-state index in [9.17, 15) is 9.59 Å². The topological polar surface area (TPSA) is 66.4 Å². The first-order valence-corrected chi connectivity index (χ1v) is 6.49. The predicted molar refractivity (Wildman–Crippen MR) is 59.9 cm³/mol. The number of amides is 1. The second-order valence-corrected chi connectivity index (χ2v) is 4.94. The van der Waals surface area contributed by atoms with Crippen LogP contribution >= 0.6 is 11.8 Å². The van der Waals surface area contributed by atoms with Gasteiger partial charge in [-0.05, 0) is 19.1 Å². The summed E-state index contributed by atoms with van der Waals surface area (Å²) in [5, 5.41) is 11.7. The number of aliphatic carboxylic acids is 1. The summed E-state index contributed by atoms with van der Waals surface area (Å²) in [5.41, 5.74) is -0.672. The van der Waals surface area contributed by atoms with Gasteiger partial charge in [0, 0.05) is 18.7 Å². The lowest BCUT2D eigenvalue weighted by Crippen LogP contribution is -2.47. The minimum absolute atomic E-state index is 0.0446. The molecule has 15 heavy (non-hydrogen) atoms. The van der Waals surface area contributed by atoms with Gasteiger partial charge in [-0.1, -0.05) is 6.42 Å². The average molecular weight is 231 g/mol.